The van der Waals surface area contributed by atoms with Crippen molar-refractivity contribution in [3.8, 4) is 0 Å². The summed E-state index contributed by atoms with van der Waals surface area (Å²) in [5.41, 5.74) is 2.21. The first-order chi connectivity index (χ1) is 8.70. The van der Waals surface area contributed by atoms with E-state index in [-0.39, 0.29) is 5.82 Å². The van der Waals surface area contributed by atoms with Crippen molar-refractivity contribution < 1.29 is 4.39 Å². The minimum absolute atomic E-state index is 0.149. The van der Waals surface area contributed by atoms with E-state index in [1.54, 1.807) is 12.1 Å². The van der Waals surface area contributed by atoms with Gasteiger partial charge in [-0.3, -0.25) is 0 Å². The maximum absolute atomic E-state index is 13.3. The number of anilines is 1. The summed E-state index contributed by atoms with van der Waals surface area (Å²) in [5, 5.41) is 3.27. The van der Waals surface area contributed by atoms with Crippen LogP contribution >= 0.6 is 0 Å². The van der Waals surface area contributed by atoms with Crippen LogP contribution in [-0.4, -0.2) is 20.1 Å². The van der Waals surface area contributed by atoms with Crippen LogP contribution < -0.4 is 10.2 Å². The summed E-state index contributed by atoms with van der Waals surface area (Å²) >= 11 is 0. The molecule has 2 nitrogen and oxygen atoms in total. The minimum atomic E-state index is -0.149. The lowest BCUT2D eigenvalue weighted by molar-refractivity contribution is 0.321. The second-order valence-electron chi connectivity index (χ2n) is 5.23. The zero-order chi connectivity index (χ0) is 13.0. The van der Waals surface area contributed by atoms with Crippen LogP contribution in [0.4, 0.5) is 10.1 Å². The van der Waals surface area contributed by atoms with E-state index in [4.69, 9.17) is 0 Å². The summed E-state index contributed by atoms with van der Waals surface area (Å²) < 4.78 is 13.3. The van der Waals surface area contributed by atoms with Crippen LogP contribution in [0.25, 0.3) is 0 Å². The zero-order valence-electron chi connectivity index (χ0n) is 11.4. The molecule has 2 rings (SSSR count). The van der Waals surface area contributed by atoms with E-state index in [0.29, 0.717) is 0 Å². The second kappa shape index (κ2) is 6.19. The van der Waals surface area contributed by atoms with Crippen LogP contribution in [0.5, 0.6) is 0 Å². The fourth-order valence-corrected chi connectivity index (χ4v) is 2.49. The van der Waals surface area contributed by atoms with Gasteiger partial charge in [0.15, 0.2) is 0 Å². The van der Waals surface area contributed by atoms with Crippen molar-refractivity contribution in [2.45, 2.75) is 32.7 Å². The van der Waals surface area contributed by atoms with Crippen LogP contribution in [0, 0.1) is 11.7 Å². The molecule has 1 fully saturated rings. The molecule has 1 aromatic carbocycles. The number of nitrogens with zero attached hydrogens (tertiary/aromatic N) is 1. The molecule has 0 heterocycles. The molecule has 100 valence electrons. The average Bonchev–Trinajstić information content (AvgIpc) is 2.31. The van der Waals surface area contributed by atoms with Gasteiger partial charge in [0, 0.05) is 25.8 Å². The highest BCUT2D eigenvalue weighted by molar-refractivity contribution is 5.53. The van der Waals surface area contributed by atoms with Gasteiger partial charge < -0.3 is 10.2 Å². The summed E-state index contributed by atoms with van der Waals surface area (Å²) in [4.78, 5) is 2.27. The SMILES string of the molecule is CCNCc1cc(F)ccc1N(C)CC1CCC1. The lowest BCUT2D eigenvalue weighted by Gasteiger charge is -2.32. The van der Waals surface area contributed by atoms with Crippen molar-refractivity contribution in [1.82, 2.24) is 5.32 Å². The van der Waals surface area contributed by atoms with Gasteiger partial charge in [-0.2, -0.15) is 0 Å². The highest BCUT2D eigenvalue weighted by Crippen LogP contribution is 2.29. The summed E-state index contributed by atoms with van der Waals surface area (Å²) in [6.45, 7) is 4.79. The van der Waals surface area contributed by atoms with Gasteiger partial charge in [0.05, 0.1) is 0 Å². The van der Waals surface area contributed by atoms with E-state index in [1.807, 2.05) is 6.07 Å². The summed E-state index contributed by atoms with van der Waals surface area (Å²) in [7, 11) is 2.11. The molecule has 0 radical (unpaired) electrons. The van der Waals surface area contributed by atoms with E-state index < -0.39 is 0 Å². The van der Waals surface area contributed by atoms with Gasteiger partial charge in [-0.25, -0.2) is 4.39 Å². The lowest BCUT2D eigenvalue weighted by atomic mass is 9.85. The molecular formula is C15H23FN2. The van der Waals surface area contributed by atoms with E-state index in [0.717, 1.165) is 36.8 Å². The first-order valence-electron chi connectivity index (χ1n) is 6.91. The van der Waals surface area contributed by atoms with Crippen molar-refractivity contribution >= 4 is 5.69 Å². The Kier molecular flexibility index (Phi) is 4.59. The molecule has 0 spiro atoms. The molecule has 0 atom stereocenters. The molecule has 1 saturated carbocycles. The molecule has 1 aromatic rings. The molecule has 0 aromatic heterocycles. The fraction of sp³-hybridized carbons (Fsp3) is 0.600. The number of nitrogens with one attached hydrogen (secondary N) is 1. The van der Waals surface area contributed by atoms with Gasteiger partial charge in [0.25, 0.3) is 0 Å². The number of halogens is 1. The van der Waals surface area contributed by atoms with Gasteiger partial charge >= 0.3 is 0 Å². The van der Waals surface area contributed by atoms with E-state index >= 15 is 0 Å². The predicted molar refractivity (Wildman–Crippen MR) is 74.4 cm³/mol. The monoisotopic (exact) mass is 250 g/mol. The molecule has 0 saturated heterocycles. The molecule has 0 amide bonds. The van der Waals surface area contributed by atoms with Crippen molar-refractivity contribution in [2.75, 3.05) is 25.0 Å². The van der Waals surface area contributed by atoms with Gasteiger partial charge in [-0.1, -0.05) is 13.3 Å². The van der Waals surface area contributed by atoms with Gasteiger partial charge in [-0.05, 0) is 49.1 Å². The third-order valence-electron chi connectivity index (χ3n) is 3.78. The Bertz CT molecular complexity index is 388. The van der Waals surface area contributed by atoms with Crippen molar-refractivity contribution in [3.05, 3.63) is 29.6 Å². The van der Waals surface area contributed by atoms with Crippen molar-refractivity contribution in [2.24, 2.45) is 5.92 Å². The van der Waals surface area contributed by atoms with E-state index in [9.17, 15) is 4.39 Å². The van der Waals surface area contributed by atoms with Gasteiger partial charge in [-0.15, -0.1) is 0 Å². The van der Waals surface area contributed by atoms with Crippen LogP contribution in [-0.2, 0) is 6.54 Å². The molecule has 1 aliphatic carbocycles. The first kappa shape index (κ1) is 13.3. The standard InChI is InChI=1S/C15H23FN2/c1-3-17-10-13-9-14(16)7-8-15(13)18(2)11-12-5-4-6-12/h7-9,12,17H,3-6,10-11H2,1-2H3. The smallest absolute Gasteiger partial charge is 0.123 e. The Balaban J connectivity index is 2.08. The largest absolute Gasteiger partial charge is 0.374 e. The molecule has 1 N–H and O–H groups in total. The highest BCUT2D eigenvalue weighted by atomic mass is 19.1. The van der Waals surface area contributed by atoms with Gasteiger partial charge in [0.1, 0.15) is 5.82 Å². The number of hydrogen-bond donors (Lipinski definition) is 1. The quantitative estimate of drug-likeness (QED) is 0.834. The maximum atomic E-state index is 13.3. The number of rotatable bonds is 6. The van der Waals surface area contributed by atoms with Crippen LogP contribution in [0.2, 0.25) is 0 Å². The molecule has 1 aliphatic rings. The Morgan fingerprint density at radius 3 is 2.78 bits per heavy atom. The average molecular weight is 250 g/mol. The zero-order valence-corrected chi connectivity index (χ0v) is 11.4. The lowest BCUT2D eigenvalue weighted by Crippen LogP contribution is -2.30. The third-order valence-corrected chi connectivity index (χ3v) is 3.78. The number of benzene rings is 1. The first-order valence-corrected chi connectivity index (χ1v) is 6.91. The molecular weight excluding hydrogens is 227 g/mol. The van der Waals surface area contributed by atoms with E-state index in [1.165, 1.54) is 19.3 Å². The predicted octanol–water partition coefficient (Wildman–Crippen LogP) is 3.17. The van der Waals surface area contributed by atoms with Crippen molar-refractivity contribution in [1.29, 1.82) is 0 Å². The Hall–Kier alpha value is -1.09. The van der Waals surface area contributed by atoms with Crippen molar-refractivity contribution in [3.63, 3.8) is 0 Å². The van der Waals surface area contributed by atoms with E-state index in [2.05, 4.69) is 24.2 Å². The summed E-state index contributed by atoms with van der Waals surface area (Å²) in [6.07, 6.45) is 4.05. The minimum Gasteiger partial charge on any atom is -0.374 e. The second-order valence-corrected chi connectivity index (χ2v) is 5.23. The Morgan fingerprint density at radius 1 is 1.39 bits per heavy atom. The number of hydrogen-bond acceptors (Lipinski definition) is 2. The highest BCUT2D eigenvalue weighted by Gasteiger charge is 2.20. The fourth-order valence-electron chi connectivity index (χ4n) is 2.49. The molecule has 3 heteroatoms. The molecule has 18 heavy (non-hydrogen) atoms. The topological polar surface area (TPSA) is 15.3 Å². The Labute approximate surface area is 109 Å². The molecule has 0 aliphatic heterocycles. The normalized spacial score (nSPS) is 15.5. The molecule has 0 bridgehead atoms. The van der Waals surface area contributed by atoms with Crippen LogP contribution in [0.3, 0.4) is 0 Å². The van der Waals surface area contributed by atoms with Crippen LogP contribution in [0.1, 0.15) is 31.7 Å². The van der Waals surface area contributed by atoms with Gasteiger partial charge in [0.2, 0.25) is 0 Å². The Morgan fingerprint density at radius 2 is 2.17 bits per heavy atom. The summed E-state index contributed by atoms with van der Waals surface area (Å²) in [6, 6.07) is 5.11. The maximum Gasteiger partial charge on any atom is 0.123 e. The van der Waals surface area contributed by atoms with Crippen LogP contribution in [0.15, 0.2) is 18.2 Å². The third kappa shape index (κ3) is 3.22. The molecule has 0 unspecified atom stereocenters. The summed E-state index contributed by atoms with van der Waals surface area (Å²) in [5.74, 6) is 0.677.